The molecule has 0 unspecified atom stereocenters. The van der Waals surface area contributed by atoms with Gasteiger partial charge in [-0.05, 0) is 38.4 Å². The minimum atomic E-state index is -0.882. The number of hydrogen-bond acceptors (Lipinski definition) is 2. The van der Waals surface area contributed by atoms with Gasteiger partial charge in [0.1, 0.15) is 0 Å². The molecule has 2 aromatic rings. The molecule has 0 radical (unpaired) electrons. The molecule has 0 atom stereocenters. The van der Waals surface area contributed by atoms with Crippen LogP contribution in [0.25, 0.3) is 10.9 Å². The van der Waals surface area contributed by atoms with Crippen LogP contribution in [0.15, 0.2) is 30.5 Å². The third-order valence-electron chi connectivity index (χ3n) is 2.81. The Balaban J connectivity index is 0.00000162. The number of hydrogen-bond donors (Lipinski definition) is 1. The van der Waals surface area contributed by atoms with Crippen molar-refractivity contribution in [2.45, 2.75) is 6.54 Å². The van der Waals surface area contributed by atoms with Gasteiger partial charge < -0.3 is 14.6 Å². The molecule has 0 saturated heterocycles. The Morgan fingerprint density at radius 1 is 1.33 bits per heavy atom. The Morgan fingerprint density at radius 3 is 2.67 bits per heavy atom. The summed E-state index contributed by atoms with van der Waals surface area (Å²) in [6, 6.07) is 7.19. The summed E-state index contributed by atoms with van der Waals surface area (Å²) in [4.78, 5) is 13.0. The van der Waals surface area contributed by atoms with Crippen LogP contribution in [-0.4, -0.2) is 60.0 Å². The molecule has 0 spiro atoms. The fourth-order valence-electron chi connectivity index (χ4n) is 1.84. The van der Waals surface area contributed by atoms with Crippen molar-refractivity contribution in [3.63, 3.8) is 0 Å². The summed E-state index contributed by atoms with van der Waals surface area (Å²) in [7, 11) is 4.07. The first-order valence-electron chi connectivity index (χ1n) is 5.55. The van der Waals surface area contributed by atoms with Crippen molar-refractivity contribution >= 4 is 35.7 Å². The molecule has 4 nitrogen and oxygen atoms in total. The number of benzene rings is 1. The molecule has 0 aliphatic rings. The molecule has 0 saturated carbocycles. The van der Waals surface area contributed by atoms with Crippen LogP contribution in [0.4, 0.5) is 0 Å². The third-order valence-corrected chi connectivity index (χ3v) is 2.81. The molecule has 1 N–H and O–H groups in total. The van der Waals surface area contributed by atoms with Crippen LogP contribution in [-0.2, 0) is 6.54 Å². The third kappa shape index (κ3) is 3.17. The summed E-state index contributed by atoms with van der Waals surface area (Å²) >= 11 is 0. The number of carbonyl (C=O) groups is 1. The van der Waals surface area contributed by atoms with E-state index in [1.807, 2.05) is 32.4 Å². The number of likely N-dealkylation sites (N-methyl/N-ethyl adjacent to an activating group) is 1. The first-order chi connectivity index (χ1) is 8.08. The number of nitrogens with zero attached hydrogens (tertiary/aromatic N) is 2. The van der Waals surface area contributed by atoms with Crippen LogP contribution >= 0.6 is 0 Å². The normalized spacial score (nSPS) is 10.6. The van der Waals surface area contributed by atoms with E-state index in [2.05, 4.69) is 9.47 Å². The molecule has 5 heteroatoms. The van der Waals surface area contributed by atoms with E-state index in [4.69, 9.17) is 5.11 Å². The van der Waals surface area contributed by atoms with Crippen molar-refractivity contribution in [3.8, 4) is 0 Å². The fourth-order valence-corrected chi connectivity index (χ4v) is 1.84. The van der Waals surface area contributed by atoms with Crippen LogP contribution in [0.1, 0.15) is 10.4 Å². The van der Waals surface area contributed by atoms with Gasteiger partial charge in [0.25, 0.3) is 0 Å². The molecule has 0 amide bonds. The Bertz CT molecular complexity index is 549. The van der Waals surface area contributed by atoms with Crippen LogP contribution in [0.3, 0.4) is 0 Å². The van der Waals surface area contributed by atoms with Gasteiger partial charge in [0.05, 0.1) is 5.56 Å². The minimum absolute atomic E-state index is 0. The predicted octanol–water partition coefficient (Wildman–Crippen LogP) is 1.25. The van der Waals surface area contributed by atoms with Crippen molar-refractivity contribution in [2.24, 2.45) is 0 Å². The summed E-state index contributed by atoms with van der Waals surface area (Å²) in [5.74, 6) is -0.882. The molecule has 1 aromatic heterocycles. The van der Waals surface area contributed by atoms with Gasteiger partial charge in [-0.1, -0.05) is 0 Å². The van der Waals surface area contributed by atoms with E-state index in [0.717, 1.165) is 24.0 Å². The maximum atomic E-state index is 10.9. The van der Waals surface area contributed by atoms with E-state index in [1.165, 1.54) is 0 Å². The average Bonchev–Trinajstić information content (AvgIpc) is 2.68. The van der Waals surface area contributed by atoms with E-state index < -0.39 is 5.97 Å². The van der Waals surface area contributed by atoms with Crippen molar-refractivity contribution in [2.75, 3.05) is 20.6 Å². The molecule has 0 fully saturated rings. The zero-order valence-electron chi connectivity index (χ0n) is 10.1. The van der Waals surface area contributed by atoms with Crippen molar-refractivity contribution in [1.82, 2.24) is 9.47 Å². The molecule has 18 heavy (non-hydrogen) atoms. The number of carboxylic acid groups (broad SMARTS) is 1. The zero-order valence-corrected chi connectivity index (χ0v) is 10.1. The molecule has 0 bridgehead atoms. The zero-order chi connectivity index (χ0) is 12.4. The van der Waals surface area contributed by atoms with Gasteiger partial charge in [-0.3, -0.25) is 0 Å². The van der Waals surface area contributed by atoms with Gasteiger partial charge in [-0.25, -0.2) is 4.79 Å². The van der Waals surface area contributed by atoms with Crippen LogP contribution in [0.5, 0.6) is 0 Å². The first-order valence-corrected chi connectivity index (χ1v) is 5.55. The molecule has 1 aromatic carbocycles. The second kappa shape index (κ2) is 6.10. The van der Waals surface area contributed by atoms with Crippen LogP contribution in [0, 0.1) is 0 Å². The first kappa shape index (κ1) is 14.8. The topological polar surface area (TPSA) is 45.5 Å². The Morgan fingerprint density at radius 2 is 2.06 bits per heavy atom. The monoisotopic (exact) mass is 240 g/mol. The number of aromatic carboxylic acids is 1. The molecule has 2 rings (SSSR count). The van der Waals surface area contributed by atoms with Gasteiger partial charge in [-0.15, -0.1) is 0 Å². The van der Waals surface area contributed by atoms with E-state index in [-0.39, 0.29) is 18.9 Å². The summed E-state index contributed by atoms with van der Waals surface area (Å²) in [5.41, 5.74) is 1.42. The van der Waals surface area contributed by atoms with Gasteiger partial charge in [0.15, 0.2) is 0 Å². The Kier molecular flexibility index (Phi) is 5.03. The van der Waals surface area contributed by atoms with Gasteiger partial charge >= 0.3 is 24.8 Å². The summed E-state index contributed by atoms with van der Waals surface area (Å²) < 4.78 is 2.14. The predicted molar refractivity (Wildman–Crippen MR) is 74.6 cm³/mol. The molecule has 0 aliphatic carbocycles. The number of aromatic nitrogens is 1. The van der Waals surface area contributed by atoms with E-state index in [1.54, 1.807) is 12.1 Å². The molecular formula is C13H17LiN2O2. The number of rotatable bonds is 4. The number of carboxylic acids is 1. The summed E-state index contributed by atoms with van der Waals surface area (Å²) in [5, 5.41) is 9.89. The maximum absolute atomic E-state index is 10.9. The molecule has 92 valence electrons. The van der Waals surface area contributed by atoms with Gasteiger partial charge in [-0.2, -0.15) is 0 Å². The molecular weight excluding hydrogens is 223 g/mol. The second-order valence-corrected chi connectivity index (χ2v) is 4.39. The molecule has 1 heterocycles. The SMILES string of the molecule is CN(C)CCn1ccc2cc(C(=O)O)ccc21.[LiH]. The Labute approximate surface area is 118 Å². The van der Waals surface area contributed by atoms with Gasteiger partial charge in [0, 0.05) is 30.2 Å². The Hall–Kier alpha value is -1.21. The van der Waals surface area contributed by atoms with Crippen molar-refractivity contribution < 1.29 is 9.90 Å². The van der Waals surface area contributed by atoms with E-state index in [0.29, 0.717) is 5.56 Å². The van der Waals surface area contributed by atoms with Crippen molar-refractivity contribution in [1.29, 1.82) is 0 Å². The second-order valence-electron chi connectivity index (χ2n) is 4.39. The average molecular weight is 240 g/mol. The fraction of sp³-hybridized carbons (Fsp3) is 0.308. The molecule has 0 aliphatic heterocycles. The van der Waals surface area contributed by atoms with Crippen LogP contribution < -0.4 is 0 Å². The summed E-state index contributed by atoms with van der Waals surface area (Å²) in [6.45, 7) is 1.87. The number of fused-ring (bicyclic) bond motifs is 1. The standard InChI is InChI=1S/C13H16N2O2.Li.H/c1-14(2)7-8-15-6-5-10-9-11(13(16)17)3-4-12(10)15;;/h3-6,9H,7-8H2,1-2H3,(H,16,17);;. The van der Waals surface area contributed by atoms with Crippen LogP contribution in [0.2, 0.25) is 0 Å². The van der Waals surface area contributed by atoms with Gasteiger partial charge in [0.2, 0.25) is 0 Å². The van der Waals surface area contributed by atoms with E-state index in [9.17, 15) is 4.79 Å². The van der Waals surface area contributed by atoms with E-state index >= 15 is 0 Å². The van der Waals surface area contributed by atoms with Crippen molar-refractivity contribution in [3.05, 3.63) is 36.0 Å². The quantitative estimate of drug-likeness (QED) is 0.818. The summed E-state index contributed by atoms with van der Waals surface area (Å²) in [6.07, 6.45) is 2.00.